The molecule has 5 nitrogen and oxygen atoms in total. The maximum atomic E-state index is 10.9. The third-order valence-corrected chi connectivity index (χ3v) is 4.31. The van der Waals surface area contributed by atoms with Gasteiger partial charge in [-0.25, -0.2) is 0 Å². The average molecular weight is 280 g/mol. The Balaban J connectivity index is 3.63. The van der Waals surface area contributed by atoms with E-state index in [4.69, 9.17) is 14.9 Å². The van der Waals surface area contributed by atoms with Gasteiger partial charge in [0.15, 0.2) is 5.66 Å². The maximum absolute atomic E-state index is 10.9. The standard InChI is InChI=1S/C12H25O5P/c1-2-3-4-5-6-7-8-9-10-11(12(13)14)18(15,16)17/h11H,2-10H2,1H3,(H,13,14)(H2,15,16,17). The highest BCUT2D eigenvalue weighted by molar-refractivity contribution is 7.53. The van der Waals surface area contributed by atoms with Crippen LogP contribution in [-0.4, -0.2) is 26.5 Å². The van der Waals surface area contributed by atoms with E-state index in [1.807, 2.05) is 0 Å². The highest BCUT2D eigenvalue weighted by Crippen LogP contribution is 2.43. The number of unbranched alkanes of at least 4 members (excludes halogenated alkanes) is 7. The first-order valence-corrected chi connectivity index (χ1v) is 8.35. The molecular weight excluding hydrogens is 255 g/mol. The van der Waals surface area contributed by atoms with Gasteiger partial charge in [0.2, 0.25) is 0 Å². The van der Waals surface area contributed by atoms with Gasteiger partial charge in [-0.1, -0.05) is 58.3 Å². The Morgan fingerprint density at radius 2 is 1.44 bits per heavy atom. The van der Waals surface area contributed by atoms with Crippen LogP contribution in [0.2, 0.25) is 0 Å². The molecule has 1 atom stereocenters. The average Bonchev–Trinajstić information content (AvgIpc) is 2.24. The molecule has 0 spiro atoms. The molecule has 0 saturated carbocycles. The number of aliphatic carboxylic acids is 1. The van der Waals surface area contributed by atoms with Crippen molar-refractivity contribution in [1.29, 1.82) is 0 Å². The van der Waals surface area contributed by atoms with Crippen LogP contribution in [0.1, 0.15) is 64.7 Å². The summed E-state index contributed by atoms with van der Waals surface area (Å²) in [6, 6.07) is 0. The van der Waals surface area contributed by atoms with Crippen LogP contribution in [0, 0.1) is 0 Å². The minimum atomic E-state index is -4.50. The normalized spacial score (nSPS) is 13.5. The van der Waals surface area contributed by atoms with E-state index in [9.17, 15) is 9.36 Å². The van der Waals surface area contributed by atoms with Crippen LogP contribution in [0.5, 0.6) is 0 Å². The minimum Gasteiger partial charge on any atom is -0.481 e. The van der Waals surface area contributed by atoms with Crippen molar-refractivity contribution < 1.29 is 24.3 Å². The van der Waals surface area contributed by atoms with E-state index >= 15 is 0 Å². The molecule has 0 rings (SSSR count). The smallest absolute Gasteiger partial charge is 0.339 e. The molecule has 108 valence electrons. The van der Waals surface area contributed by atoms with E-state index in [1.54, 1.807) is 0 Å². The number of carboxylic acid groups (broad SMARTS) is 1. The van der Waals surface area contributed by atoms with Crippen molar-refractivity contribution in [3.8, 4) is 0 Å². The van der Waals surface area contributed by atoms with Crippen molar-refractivity contribution in [1.82, 2.24) is 0 Å². The van der Waals surface area contributed by atoms with E-state index < -0.39 is 19.2 Å². The van der Waals surface area contributed by atoms with Crippen molar-refractivity contribution in [3.63, 3.8) is 0 Å². The third kappa shape index (κ3) is 8.67. The van der Waals surface area contributed by atoms with E-state index in [2.05, 4.69) is 6.92 Å². The summed E-state index contributed by atoms with van der Waals surface area (Å²) in [7, 11) is -4.50. The second-order valence-corrected chi connectivity index (χ2v) is 6.51. The predicted molar refractivity (Wildman–Crippen MR) is 70.7 cm³/mol. The highest BCUT2D eigenvalue weighted by Gasteiger charge is 2.34. The van der Waals surface area contributed by atoms with Crippen molar-refractivity contribution in [3.05, 3.63) is 0 Å². The van der Waals surface area contributed by atoms with Crippen LogP contribution in [0.3, 0.4) is 0 Å². The first kappa shape index (κ1) is 17.6. The molecule has 0 aliphatic heterocycles. The summed E-state index contributed by atoms with van der Waals surface area (Å²) in [5, 5.41) is 8.72. The lowest BCUT2D eigenvalue weighted by atomic mass is 10.1. The number of hydrogen-bond acceptors (Lipinski definition) is 2. The molecule has 0 aromatic heterocycles. The molecule has 18 heavy (non-hydrogen) atoms. The zero-order valence-electron chi connectivity index (χ0n) is 11.0. The van der Waals surface area contributed by atoms with Crippen LogP contribution < -0.4 is 0 Å². The van der Waals surface area contributed by atoms with Gasteiger partial charge in [-0.05, 0) is 6.42 Å². The molecule has 0 aliphatic rings. The van der Waals surface area contributed by atoms with Crippen LogP contribution in [0.15, 0.2) is 0 Å². The fourth-order valence-electron chi connectivity index (χ4n) is 1.91. The summed E-state index contributed by atoms with van der Waals surface area (Å²) in [5.41, 5.74) is -1.53. The molecule has 0 radical (unpaired) electrons. The molecule has 0 heterocycles. The zero-order chi connectivity index (χ0) is 14.0. The second kappa shape index (κ2) is 9.54. The molecule has 0 aromatic rings. The Hall–Kier alpha value is -0.380. The van der Waals surface area contributed by atoms with Gasteiger partial charge in [-0.2, -0.15) is 0 Å². The van der Waals surface area contributed by atoms with Crippen LogP contribution in [-0.2, 0) is 9.36 Å². The third-order valence-electron chi connectivity index (χ3n) is 3.02. The SMILES string of the molecule is CCCCCCCCCCC(C(=O)O)P(=O)(O)O. The van der Waals surface area contributed by atoms with Gasteiger partial charge in [0.25, 0.3) is 0 Å². The first-order valence-electron chi connectivity index (χ1n) is 6.67. The minimum absolute atomic E-state index is 0.0641. The number of carboxylic acids is 1. The summed E-state index contributed by atoms with van der Waals surface area (Å²) >= 11 is 0. The molecule has 6 heteroatoms. The Kier molecular flexibility index (Phi) is 9.34. The lowest BCUT2D eigenvalue weighted by Gasteiger charge is -2.13. The van der Waals surface area contributed by atoms with E-state index in [0.29, 0.717) is 6.42 Å². The molecule has 0 aliphatic carbocycles. The van der Waals surface area contributed by atoms with Gasteiger partial charge in [0.1, 0.15) is 0 Å². The van der Waals surface area contributed by atoms with Crippen molar-refractivity contribution in [2.24, 2.45) is 0 Å². The Morgan fingerprint density at radius 1 is 1.00 bits per heavy atom. The summed E-state index contributed by atoms with van der Waals surface area (Å²) in [5.74, 6) is -1.40. The van der Waals surface area contributed by atoms with Gasteiger partial charge in [0, 0.05) is 0 Å². The van der Waals surface area contributed by atoms with Crippen molar-refractivity contribution in [2.75, 3.05) is 0 Å². The second-order valence-electron chi connectivity index (χ2n) is 4.71. The molecule has 3 N–H and O–H groups in total. The molecule has 0 aromatic carbocycles. The summed E-state index contributed by atoms with van der Waals surface area (Å²) in [6.07, 6.45) is 8.48. The van der Waals surface area contributed by atoms with E-state index in [1.165, 1.54) is 25.7 Å². The van der Waals surface area contributed by atoms with Crippen molar-refractivity contribution in [2.45, 2.75) is 70.4 Å². The number of rotatable bonds is 11. The lowest BCUT2D eigenvalue weighted by molar-refractivity contribution is -0.137. The fraction of sp³-hybridized carbons (Fsp3) is 0.917. The molecule has 0 bridgehead atoms. The van der Waals surface area contributed by atoms with Gasteiger partial charge in [-0.3, -0.25) is 9.36 Å². The fourth-order valence-corrected chi connectivity index (χ4v) is 2.71. The number of hydrogen-bond donors (Lipinski definition) is 3. The maximum Gasteiger partial charge on any atom is 0.339 e. The van der Waals surface area contributed by atoms with E-state index in [-0.39, 0.29) is 6.42 Å². The van der Waals surface area contributed by atoms with Crippen molar-refractivity contribution >= 4 is 13.6 Å². The van der Waals surface area contributed by atoms with Gasteiger partial charge in [-0.15, -0.1) is 0 Å². The summed E-state index contributed by atoms with van der Waals surface area (Å²) in [4.78, 5) is 28.4. The monoisotopic (exact) mass is 280 g/mol. The lowest BCUT2D eigenvalue weighted by Crippen LogP contribution is -2.20. The van der Waals surface area contributed by atoms with Gasteiger partial charge < -0.3 is 14.9 Å². The van der Waals surface area contributed by atoms with Crippen LogP contribution in [0.25, 0.3) is 0 Å². The van der Waals surface area contributed by atoms with Gasteiger partial charge in [0.05, 0.1) is 0 Å². The van der Waals surface area contributed by atoms with Crippen LogP contribution in [0.4, 0.5) is 0 Å². The first-order chi connectivity index (χ1) is 8.39. The molecule has 0 amide bonds. The number of carbonyl (C=O) groups is 1. The molecule has 1 unspecified atom stereocenters. The zero-order valence-corrected chi connectivity index (χ0v) is 11.9. The Labute approximate surface area is 109 Å². The molecule has 0 saturated heterocycles. The summed E-state index contributed by atoms with van der Waals surface area (Å²) < 4.78 is 10.9. The Bertz CT molecular complexity index is 274. The topological polar surface area (TPSA) is 94.8 Å². The van der Waals surface area contributed by atoms with E-state index in [0.717, 1.165) is 19.3 Å². The summed E-state index contributed by atoms with van der Waals surface area (Å²) in [6.45, 7) is 2.16. The quantitative estimate of drug-likeness (QED) is 0.399. The van der Waals surface area contributed by atoms with Gasteiger partial charge >= 0.3 is 13.6 Å². The molecular formula is C12H25O5P. The molecule has 0 fully saturated rings. The Morgan fingerprint density at radius 3 is 1.83 bits per heavy atom. The largest absolute Gasteiger partial charge is 0.481 e. The van der Waals surface area contributed by atoms with Crippen LogP contribution >= 0.6 is 7.60 Å². The predicted octanol–water partition coefficient (Wildman–Crippen LogP) is 3.15. The highest BCUT2D eigenvalue weighted by atomic mass is 31.2.